The van der Waals surface area contributed by atoms with Crippen molar-refractivity contribution in [1.82, 2.24) is 10.2 Å². The number of hydrogen-bond acceptors (Lipinski definition) is 4. The summed E-state index contributed by atoms with van der Waals surface area (Å²) in [4.78, 5) is 2.59. The molecule has 0 aliphatic carbocycles. The lowest BCUT2D eigenvalue weighted by atomic mass is 10.2. The number of hydrogen-bond donors (Lipinski definition) is 1. The summed E-state index contributed by atoms with van der Waals surface area (Å²) in [5.41, 5.74) is 1.62. The average Bonchev–Trinajstić information content (AvgIpc) is 2.80. The predicted octanol–water partition coefficient (Wildman–Crippen LogP) is 6.56. The van der Waals surface area contributed by atoms with Crippen molar-refractivity contribution in [3.8, 4) is 11.5 Å². The van der Waals surface area contributed by atoms with Crippen molar-refractivity contribution >= 4 is 15.9 Å². The van der Waals surface area contributed by atoms with Gasteiger partial charge in [0.15, 0.2) is 11.5 Å². The highest BCUT2D eigenvalue weighted by Gasteiger charge is 2.13. The van der Waals surface area contributed by atoms with Gasteiger partial charge < -0.3 is 19.7 Å². The van der Waals surface area contributed by atoms with Crippen LogP contribution in [0.15, 0.2) is 40.9 Å². The molecule has 2 rings (SSSR count). The van der Waals surface area contributed by atoms with E-state index in [2.05, 4.69) is 40.0 Å². The van der Waals surface area contributed by atoms with Crippen LogP contribution in [0.1, 0.15) is 57.1 Å². The minimum absolute atomic E-state index is 0.145. The number of halogens is 2. The molecule has 0 amide bonds. The molecule has 1 N–H and O–H groups in total. The molecule has 0 aliphatic heterocycles. The van der Waals surface area contributed by atoms with Crippen molar-refractivity contribution in [2.45, 2.75) is 59.1 Å². The molecule has 0 saturated heterocycles. The highest BCUT2D eigenvalue weighted by molar-refractivity contribution is 9.10. The molecule has 0 radical (unpaired) electrons. The maximum Gasteiger partial charge on any atom is 0.175 e. The quantitative estimate of drug-likeness (QED) is 0.260. The van der Waals surface area contributed by atoms with E-state index in [9.17, 15) is 4.39 Å². The Bertz CT molecular complexity index is 795. The zero-order valence-electron chi connectivity index (χ0n) is 19.8. The Morgan fingerprint density at radius 3 is 2.34 bits per heavy atom. The fourth-order valence-electron chi connectivity index (χ4n) is 3.54. The summed E-state index contributed by atoms with van der Waals surface area (Å²) < 4.78 is 26.1. The molecule has 0 saturated carbocycles. The molecule has 0 bridgehead atoms. The van der Waals surface area contributed by atoms with Gasteiger partial charge in [-0.3, -0.25) is 0 Å². The first-order chi connectivity index (χ1) is 15.6. The van der Waals surface area contributed by atoms with Crippen LogP contribution in [0.5, 0.6) is 11.5 Å². The van der Waals surface area contributed by atoms with Gasteiger partial charge in [0, 0.05) is 12.1 Å². The van der Waals surface area contributed by atoms with E-state index in [4.69, 9.17) is 9.47 Å². The van der Waals surface area contributed by atoms with Gasteiger partial charge in [-0.15, -0.1) is 0 Å². The minimum atomic E-state index is -0.272. The molecular formula is C26H38BrFN2O2. The summed E-state index contributed by atoms with van der Waals surface area (Å²) in [6, 6.07) is 10.6. The zero-order valence-corrected chi connectivity index (χ0v) is 21.3. The number of benzene rings is 2. The van der Waals surface area contributed by atoms with Gasteiger partial charge >= 0.3 is 0 Å². The molecule has 0 spiro atoms. The predicted molar refractivity (Wildman–Crippen MR) is 134 cm³/mol. The maximum absolute atomic E-state index is 13.9. The topological polar surface area (TPSA) is 33.7 Å². The number of nitrogens with zero attached hydrogens (tertiary/aromatic N) is 1. The van der Waals surface area contributed by atoms with E-state index in [1.807, 2.05) is 12.1 Å². The Kier molecular flexibility index (Phi) is 12.7. The number of nitrogens with one attached hydrogen (secondary N) is 1. The zero-order chi connectivity index (χ0) is 23.2. The van der Waals surface area contributed by atoms with Crippen LogP contribution >= 0.6 is 15.9 Å². The summed E-state index contributed by atoms with van der Waals surface area (Å²) in [6.45, 7) is 9.93. The molecule has 0 fully saturated rings. The Hall–Kier alpha value is -1.63. The molecule has 0 aromatic heterocycles. The summed E-state index contributed by atoms with van der Waals surface area (Å²) in [5.74, 6) is 0.950. The van der Waals surface area contributed by atoms with Gasteiger partial charge in [-0.05, 0) is 85.1 Å². The highest BCUT2D eigenvalue weighted by atomic mass is 79.9. The van der Waals surface area contributed by atoms with E-state index in [-0.39, 0.29) is 12.4 Å². The summed E-state index contributed by atoms with van der Waals surface area (Å²) in [7, 11) is 1.62. The molecule has 32 heavy (non-hydrogen) atoms. The van der Waals surface area contributed by atoms with Gasteiger partial charge in [-0.2, -0.15) is 0 Å². The van der Waals surface area contributed by atoms with E-state index >= 15 is 0 Å². The monoisotopic (exact) mass is 508 g/mol. The number of rotatable bonds is 16. The van der Waals surface area contributed by atoms with E-state index in [1.165, 1.54) is 44.8 Å². The van der Waals surface area contributed by atoms with Gasteiger partial charge in [0.2, 0.25) is 0 Å². The second kappa shape index (κ2) is 15.3. The van der Waals surface area contributed by atoms with Crippen molar-refractivity contribution < 1.29 is 13.9 Å². The molecule has 0 aliphatic rings. The van der Waals surface area contributed by atoms with E-state index < -0.39 is 0 Å². The Labute approximate surface area is 201 Å². The summed E-state index contributed by atoms with van der Waals surface area (Å²) in [6.07, 6.45) is 6.18. The first kappa shape index (κ1) is 26.6. The average molecular weight is 510 g/mol. The number of ether oxygens (including phenoxy) is 2. The first-order valence-electron chi connectivity index (χ1n) is 11.7. The summed E-state index contributed by atoms with van der Waals surface area (Å²) in [5, 5.41) is 3.54. The van der Waals surface area contributed by atoms with Crippen LogP contribution in [0.4, 0.5) is 4.39 Å². The van der Waals surface area contributed by atoms with Crippen molar-refractivity contribution in [3.05, 3.63) is 57.8 Å². The maximum atomic E-state index is 13.9. The molecule has 2 aromatic rings. The second-order valence-electron chi connectivity index (χ2n) is 8.07. The normalized spacial score (nSPS) is 11.2. The molecular weight excluding hydrogens is 471 g/mol. The van der Waals surface area contributed by atoms with Gasteiger partial charge in [0.25, 0.3) is 0 Å². The van der Waals surface area contributed by atoms with E-state index in [1.54, 1.807) is 25.3 Å². The van der Waals surface area contributed by atoms with Crippen molar-refractivity contribution in [3.63, 3.8) is 0 Å². The lowest BCUT2D eigenvalue weighted by Crippen LogP contribution is -2.29. The van der Waals surface area contributed by atoms with Crippen LogP contribution in [0.25, 0.3) is 0 Å². The largest absolute Gasteiger partial charge is 0.493 e. The second-order valence-corrected chi connectivity index (χ2v) is 8.92. The molecule has 4 nitrogen and oxygen atoms in total. The molecule has 0 heterocycles. The Morgan fingerprint density at radius 1 is 1.00 bits per heavy atom. The van der Waals surface area contributed by atoms with Crippen LogP contribution < -0.4 is 14.8 Å². The van der Waals surface area contributed by atoms with Crippen molar-refractivity contribution in [2.75, 3.05) is 33.3 Å². The fraction of sp³-hybridized carbons (Fsp3) is 0.538. The highest BCUT2D eigenvalue weighted by Crippen LogP contribution is 2.37. The van der Waals surface area contributed by atoms with Crippen LogP contribution in [0.2, 0.25) is 0 Å². The van der Waals surface area contributed by atoms with Crippen LogP contribution in [0, 0.1) is 5.82 Å². The molecule has 0 atom stereocenters. The van der Waals surface area contributed by atoms with Crippen molar-refractivity contribution in [1.29, 1.82) is 0 Å². The third-order valence-corrected chi connectivity index (χ3v) is 6.02. The summed E-state index contributed by atoms with van der Waals surface area (Å²) >= 11 is 3.59. The van der Waals surface area contributed by atoms with Gasteiger partial charge in [0.1, 0.15) is 12.4 Å². The van der Waals surface area contributed by atoms with Crippen molar-refractivity contribution in [2.24, 2.45) is 0 Å². The molecule has 2 aromatic carbocycles. The van der Waals surface area contributed by atoms with Crippen LogP contribution in [0.3, 0.4) is 0 Å². The molecule has 0 unspecified atom stereocenters. The van der Waals surface area contributed by atoms with Crippen LogP contribution in [-0.2, 0) is 13.2 Å². The molecule has 6 heteroatoms. The lowest BCUT2D eigenvalue weighted by Gasteiger charge is -2.22. The number of methoxy groups -OCH3 is 1. The fourth-order valence-corrected chi connectivity index (χ4v) is 4.14. The van der Waals surface area contributed by atoms with Gasteiger partial charge in [0.05, 0.1) is 11.6 Å². The minimum Gasteiger partial charge on any atom is -0.493 e. The third kappa shape index (κ3) is 9.08. The van der Waals surface area contributed by atoms with Gasteiger partial charge in [-0.1, -0.05) is 44.9 Å². The SMILES string of the molecule is CCCCN(CCCC)CCCNCc1cc(Br)c(OCc2ccccc2F)c(OC)c1. The van der Waals surface area contributed by atoms with E-state index in [0.29, 0.717) is 17.1 Å². The lowest BCUT2D eigenvalue weighted by molar-refractivity contribution is 0.261. The standard InChI is InChI=1S/C26H38BrFN2O2/c1-4-6-14-30(15-7-5-2)16-10-13-29-19-21-17-23(27)26(25(18-21)31-3)32-20-22-11-8-9-12-24(22)28/h8-9,11-12,17-18,29H,4-7,10,13-16,19-20H2,1-3H3. The van der Waals surface area contributed by atoms with E-state index in [0.717, 1.165) is 36.1 Å². The smallest absolute Gasteiger partial charge is 0.175 e. The Morgan fingerprint density at radius 2 is 1.69 bits per heavy atom. The third-order valence-electron chi connectivity index (χ3n) is 5.43. The van der Waals surface area contributed by atoms with Crippen LogP contribution in [-0.4, -0.2) is 38.2 Å². The van der Waals surface area contributed by atoms with Gasteiger partial charge in [-0.25, -0.2) is 4.39 Å². The number of unbranched alkanes of at least 4 members (excludes halogenated alkanes) is 2. The molecule has 178 valence electrons. The Balaban J connectivity index is 1.84. The first-order valence-corrected chi connectivity index (χ1v) is 12.5.